The Hall–Kier alpha value is -1.91. The molecular formula is C24H27ClN2OS. The highest BCUT2D eigenvalue weighted by Gasteiger charge is 2.29. The fourth-order valence-electron chi connectivity index (χ4n) is 4.20. The van der Waals surface area contributed by atoms with E-state index in [2.05, 4.69) is 49.3 Å². The van der Waals surface area contributed by atoms with Crippen molar-refractivity contribution in [1.29, 1.82) is 0 Å². The second kappa shape index (κ2) is 8.45. The highest BCUT2D eigenvalue weighted by molar-refractivity contribution is 7.99. The summed E-state index contributed by atoms with van der Waals surface area (Å²) in [7, 11) is 0. The Balaban J connectivity index is 1.68. The summed E-state index contributed by atoms with van der Waals surface area (Å²) in [5.74, 6) is 1.12. The Morgan fingerprint density at radius 3 is 2.66 bits per heavy atom. The second-order valence-electron chi connectivity index (χ2n) is 8.28. The molecule has 152 valence electrons. The molecule has 0 unspecified atom stereocenters. The lowest BCUT2D eigenvalue weighted by atomic mass is 9.78. The van der Waals surface area contributed by atoms with Gasteiger partial charge in [0.25, 0.3) is 5.91 Å². The predicted molar refractivity (Wildman–Crippen MR) is 122 cm³/mol. The molecule has 1 fully saturated rings. The van der Waals surface area contributed by atoms with E-state index in [1.807, 2.05) is 24.3 Å². The molecule has 0 bridgehead atoms. The summed E-state index contributed by atoms with van der Waals surface area (Å²) in [6.07, 6.45) is 3.47. The fourth-order valence-corrected chi connectivity index (χ4v) is 5.37. The van der Waals surface area contributed by atoms with Gasteiger partial charge in [-0.1, -0.05) is 62.2 Å². The molecule has 2 N–H and O–H groups in total. The Morgan fingerprint density at radius 2 is 1.90 bits per heavy atom. The van der Waals surface area contributed by atoms with Gasteiger partial charge in [0.05, 0.1) is 4.90 Å². The van der Waals surface area contributed by atoms with E-state index in [0.29, 0.717) is 22.6 Å². The summed E-state index contributed by atoms with van der Waals surface area (Å²) in [6.45, 7) is 6.61. The number of carbonyl (C=O) groups excluding carboxylic acids is 1. The van der Waals surface area contributed by atoms with Crippen LogP contribution in [0.25, 0.3) is 10.9 Å². The van der Waals surface area contributed by atoms with Crippen LogP contribution in [0.15, 0.2) is 52.3 Å². The number of carbonyl (C=O) groups is 1. The summed E-state index contributed by atoms with van der Waals surface area (Å²) in [6, 6.07) is 14.3. The number of hydrogen-bond acceptors (Lipinski definition) is 2. The molecule has 1 aromatic heterocycles. The van der Waals surface area contributed by atoms with Gasteiger partial charge in [-0.15, -0.1) is 0 Å². The van der Waals surface area contributed by atoms with E-state index >= 15 is 0 Å². The fraction of sp³-hybridized carbons (Fsp3) is 0.375. The largest absolute Gasteiger partial charge is 0.350 e. The SMILES string of the molecule is Cc1ccc2c(Sc3ccc(Cl)cc3)c(C(=O)N[C@@H]3CCC[C@@H](C)[C@H]3C)[nH]c2c1. The number of rotatable bonds is 4. The van der Waals surface area contributed by atoms with Gasteiger partial charge in [-0.05, 0) is 61.1 Å². The first kappa shape index (κ1) is 20.4. The van der Waals surface area contributed by atoms with Crippen LogP contribution in [0.4, 0.5) is 0 Å². The third-order valence-electron chi connectivity index (χ3n) is 6.19. The molecule has 2 aromatic carbocycles. The summed E-state index contributed by atoms with van der Waals surface area (Å²) in [4.78, 5) is 18.7. The number of nitrogens with one attached hydrogen (secondary N) is 2. The van der Waals surface area contributed by atoms with Gasteiger partial charge in [0.2, 0.25) is 0 Å². The van der Waals surface area contributed by atoms with Gasteiger partial charge in [0.15, 0.2) is 0 Å². The number of hydrogen-bond donors (Lipinski definition) is 2. The van der Waals surface area contributed by atoms with Gasteiger partial charge in [-0.2, -0.15) is 0 Å². The molecule has 1 aliphatic rings. The number of fused-ring (bicyclic) bond motifs is 1. The van der Waals surface area contributed by atoms with Crippen LogP contribution in [0, 0.1) is 18.8 Å². The Kier molecular flexibility index (Phi) is 5.93. The van der Waals surface area contributed by atoms with Crippen molar-refractivity contribution < 1.29 is 4.79 Å². The molecule has 1 heterocycles. The lowest BCUT2D eigenvalue weighted by Crippen LogP contribution is -2.43. The van der Waals surface area contributed by atoms with Crippen LogP contribution < -0.4 is 5.32 Å². The first-order chi connectivity index (χ1) is 13.9. The van der Waals surface area contributed by atoms with E-state index in [1.54, 1.807) is 11.8 Å². The maximum Gasteiger partial charge on any atom is 0.269 e. The van der Waals surface area contributed by atoms with Crippen LogP contribution in [0.1, 0.15) is 49.2 Å². The summed E-state index contributed by atoms with van der Waals surface area (Å²) < 4.78 is 0. The molecule has 3 nitrogen and oxygen atoms in total. The molecule has 1 aliphatic carbocycles. The van der Waals surface area contributed by atoms with Crippen molar-refractivity contribution in [2.45, 2.75) is 55.9 Å². The molecule has 1 amide bonds. The lowest BCUT2D eigenvalue weighted by molar-refractivity contribution is 0.0884. The average molecular weight is 427 g/mol. The van der Waals surface area contributed by atoms with Gasteiger partial charge in [0, 0.05) is 26.9 Å². The lowest BCUT2D eigenvalue weighted by Gasteiger charge is -2.34. The summed E-state index contributed by atoms with van der Waals surface area (Å²) in [5, 5.41) is 5.11. The van der Waals surface area contributed by atoms with Crippen LogP contribution in [0.2, 0.25) is 5.02 Å². The van der Waals surface area contributed by atoms with Crippen LogP contribution in [0.5, 0.6) is 0 Å². The molecule has 0 aliphatic heterocycles. The minimum atomic E-state index is -0.0127. The topological polar surface area (TPSA) is 44.9 Å². The molecule has 3 aromatic rings. The van der Waals surface area contributed by atoms with Crippen LogP contribution in [-0.4, -0.2) is 16.9 Å². The normalized spacial score (nSPS) is 22.0. The molecule has 3 atom stereocenters. The zero-order valence-electron chi connectivity index (χ0n) is 17.1. The van der Waals surface area contributed by atoms with E-state index in [4.69, 9.17) is 11.6 Å². The van der Waals surface area contributed by atoms with Gasteiger partial charge >= 0.3 is 0 Å². The average Bonchev–Trinajstić information content (AvgIpc) is 3.04. The predicted octanol–water partition coefficient (Wildman–Crippen LogP) is 6.84. The van der Waals surface area contributed by atoms with Crippen molar-refractivity contribution in [3.8, 4) is 0 Å². The van der Waals surface area contributed by atoms with Crippen molar-refractivity contribution >= 4 is 40.2 Å². The van der Waals surface area contributed by atoms with Crippen LogP contribution in [0.3, 0.4) is 0 Å². The van der Waals surface area contributed by atoms with Crippen molar-refractivity contribution in [3.05, 3.63) is 58.7 Å². The number of amides is 1. The maximum absolute atomic E-state index is 13.3. The molecular weight excluding hydrogens is 400 g/mol. The number of halogens is 1. The second-order valence-corrected chi connectivity index (χ2v) is 9.80. The highest BCUT2D eigenvalue weighted by atomic mass is 35.5. The maximum atomic E-state index is 13.3. The smallest absolute Gasteiger partial charge is 0.269 e. The van der Waals surface area contributed by atoms with E-state index < -0.39 is 0 Å². The summed E-state index contributed by atoms with van der Waals surface area (Å²) >= 11 is 7.65. The van der Waals surface area contributed by atoms with Crippen molar-refractivity contribution in [2.75, 3.05) is 0 Å². The Labute approximate surface area is 181 Å². The minimum Gasteiger partial charge on any atom is -0.350 e. The number of aromatic nitrogens is 1. The van der Waals surface area contributed by atoms with Gasteiger partial charge in [-0.3, -0.25) is 4.79 Å². The Bertz CT molecular complexity index is 1030. The first-order valence-electron chi connectivity index (χ1n) is 10.3. The third kappa shape index (κ3) is 4.34. The third-order valence-corrected chi connectivity index (χ3v) is 7.58. The monoisotopic (exact) mass is 426 g/mol. The molecule has 0 spiro atoms. The number of aryl methyl sites for hydroxylation is 1. The number of benzene rings is 2. The van der Waals surface area contributed by atoms with E-state index in [1.165, 1.54) is 18.4 Å². The highest BCUT2D eigenvalue weighted by Crippen LogP contribution is 2.38. The molecule has 5 heteroatoms. The van der Waals surface area contributed by atoms with Crippen molar-refractivity contribution in [1.82, 2.24) is 10.3 Å². The quantitative estimate of drug-likeness (QED) is 0.479. The van der Waals surface area contributed by atoms with Gasteiger partial charge < -0.3 is 10.3 Å². The van der Waals surface area contributed by atoms with Crippen molar-refractivity contribution in [3.63, 3.8) is 0 Å². The van der Waals surface area contributed by atoms with Crippen molar-refractivity contribution in [2.24, 2.45) is 11.8 Å². The first-order valence-corrected chi connectivity index (χ1v) is 11.5. The van der Waals surface area contributed by atoms with E-state index in [-0.39, 0.29) is 11.9 Å². The molecule has 0 radical (unpaired) electrons. The molecule has 4 rings (SSSR count). The van der Waals surface area contributed by atoms with Gasteiger partial charge in [-0.25, -0.2) is 0 Å². The standard InChI is InChI=1S/C24H27ClN2OS/c1-14-7-12-19-21(13-14)26-22(23(19)29-18-10-8-17(25)9-11-18)24(28)27-20-6-4-5-15(2)16(20)3/h7-13,15-16,20,26H,4-6H2,1-3H3,(H,27,28)/t15-,16-,20-/m1/s1. The van der Waals surface area contributed by atoms with Gasteiger partial charge in [0.1, 0.15) is 5.69 Å². The number of H-pyrrole nitrogens is 1. The van der Waals surface area contributed by atoms with E-state index in [9.17, 15) is 4.79 Å². The van der Waals surface area contributed by atoms with E-state index in [0.717, 1.165) is 27.1 Å². The molecule has 1 saturated carbocycles. The van der Waals surface area contributed by atoms with Crippen LogP contribution in [-0.2, 0) is 0 Å². The minimum absolute atomic E-state index is 0.0127. The zero-order chi connectivity index (χ0) is 20.5. The van der Waals surface area contributed by atoms with Crippen LogP contribution >= 0.6 is 23.4 Å². The Morgan fingerprint density at radius 1 is 1.14 bits per heavy atom. The zero-order valence-corrected chi connectivity index (χ0v) is 18.7. The number of aromatic amines is 1. The molecule has 29 heavy (non-hydrogen) atoms. The molecule has 0 saturated heterocycles. The summed E-state index contributed by atoms with van der Waals surface area (Å²) in [5.41, 5.74) is 2.82.